The fourth-order valence-corrected chi connectivity index (χ4v) is 2.92. The van der Waals surface area contributed by atoms with Crippen molar-refractivity contribution in [2.75, 3.05) is 31.2 Å². The molecule has 0 saturated carbocycles. The summed E-state index contributed by atoms with van der Waals surface area (Å²) in [5, 5.41) is 3.60. The molecule has 1 aromatic carbocycles. The van der Waals surface area contributed by atoms with Gasteiger partial charge in [0.25, 0.3) is 0 Å². The molecule has 7 heteroatoms. The molecule has 0 radical (unpaired) electrons. The Morgan fingerprint density at radius 2 is 1.76 bits per heavy atom. The van der Waals surface area contributed by atoms with Gasteiger partial charge >= 0.3 is 0 Å². The van der Waals surface area contributed by atoms with E-state index in [-0.39, 0.29) is 5.79 Å². The van der Waals surface area contributed by atoms with Gasteiger partial charge in [0.2, 0.25) is 0 Å². The molecule has 21 heavy (non-hydrogen) atoms. The molecule has 2 aliphatic heterocycles. The van der Waals surface area contributed by atoms with Gasteiger partial charge in [-0.05, 0) is 24.3 Å². The number of hydrazone groups is 1. The maximum atomic E-state index is 5.74. The number of benzene rings is 1. The van der Waals surface area contributed by atoms with Crippen LogP contribution in [-0.2, 0) is 9.47 Å². The van der Waals surface area contributed by atoms with Gasteiger partial charge in [0, 0.05) is 37.2 Å². The molecule has 1 spiro atoms. The molecule has 0 aromatic heterocycles. The third kappa shape index (κ3) is 2.80. The van der Waals surface area contributed by atoms with Gasteiger partial charge in [0.15, 0.2) is 11.6 Å². The third-order valence-electron chi connectivity index (χ3n) is 4.11. The summed E-state index contributed by atoms with van der Waals surface area (Å²) < 4.78 is 11.5. The van der Waals surface area contributed by atoms with Crippen LogP contribution in [0.4, 0.5) is 5.69 Å². The van der Waals surface area contributed by atoms with Crippen molar-refractivity contribution in [1.29, 1.82) is 0 Å². The van der Waals surface area contributed by atoms with E-state index >= 15 is 0 Å². The van der Waals surface area contributed by atoms with E-state index in [2.05, 4.69) is 15.4 Å². The monoisotopic (exact) mass is 291 g/mol. The summed E-state index contributed by atoms with van der Waals surface area (Å²) in [5.74, 6) is 10.8. The zero-order valence-corrected chi connectivity index (χ0v) is 11.9. The fourth-order valence-electron chi connectivity index (χ4n) is 2.92. The minimum Gasteiger partial charge on any atom is -0.371 e. The van der Waals surface area contributed by atoms with E-state index in [1.165, 1.54) is 5.69 Å². The lowest BCUT2D eigenvalue weighted by Crippen LogP contribution is -2.45. The van der Waals surface area contributed by atoms with Crippen molar-refractivity contribution in [2.45, 2.75) is 18.6 Å². The molecule has 0 unspecified atom stereocenters. The summed E-state index contributed by atoms with van der Waals surface area (Å²) in [6.45, 7) is 3.27. The Bertz CT molecular complexity index is 501. The number of amidine groups is 1. The molecule has 0 amide bonds. The highest BCUT2D eigenvalue weighted by atomic mass is 16.7. The van der Waals surface area contributed by atoms with Crippen molar-refractivity contribution in [2.24, 2.45) is 16.8 Å². The van der Waals surface area contributed by atoms with Crippen LogP contribution in [0.1, 0.15) is 18.4 Å². The lowest BCUT2D eigenvalue weighted by Gasteiger charge is -2.38. The molecule has 0 atom stereocenters. The van der Waals surface area contributed by atoms with E-state index in [0.717, 1.165) is 31.5 Å². The van der Waals surface area contributed by atoms with E-state index < -0.39 is 0 Å². The molecule has 2 saturated heterocycles. The van der Waals surface area contributed by atoms with Crippen molar-refractivity contribution in [3.05, 3.63) is 29.8 Å². The molecular weight excluding hydrogens is 270 g/mol. The van der Waals surface area contributed by atoms with E-state index in [9.17, 15) is 0 Å². The molecule has 0 aliphatic carbocycles. The number of rotatable bonds is 2. The van der Waals surface area contributed by atoms with Crippen LogP contribution in [0.15, 0.2) is 29.4 Å². The molecule has 7 nitrogen and oxygen atoms in total. The summed E-state index contributed by atoms with van der Waals surface area (Å²) in [7, 11) is 0. The van der Waals surface area contributed by atoms with Crippen LogP contribution >= 0.6 is 0 Å². The average molecular weight is 291 g/mol. The van der Waals surface area contributed by atoms with E-state index in [0.29, 0.717) is 19.0 Å². The van der Waals surface area contributed by atoms with Crippen LogP contribution in [0.5, 0.6) is 0 Å². The van der Waals surface area contributed by atoms with Crippen LogP contribution < -0.4 is 22.0 Å². The molecule has 114 valence electrons. The Labute approximate surface area is 123 Å². The number of piperidine rings is 1. The maximum absolute atomic E-state index is 5.74. The predicted octanol–water partition coefficient (Wildman–Crippen LogP) is 0.114. The second-order valence-corrected chi connectivity index (χ2v) is 5.26. The van der Waals surface area contributed by atoms with Crippen molar-refractivity contribution in [3.63, 3.8) is 0 Å². The normalized spacial score (nSPS) is 21.8. The lowest BCUT2D eigenvalue weighted by molar-refractivity contribution is -0.169. The minimum absolute atomic E-state index is 0.334. The summed E-state index contributed by atoms with van der Waals surface area (Å²) in [6.07, 6.45) is 1.79. The van der Waals surface area contributed by atoms with Crippen LogP contribution in [0.3, 0.4) is 0 Å². The van der Waals surface area contributed by atoms with Gasteiger partial charge in [0.1, 0.15) is 0 Å². The Kier molecular flexibility index (Phi) is 3.96. The number of nitrogens with one attached hydrogen (secondary N) is 1. The van der Waals surface area contributed by atoms with Crippen molar-refractivity contribution >= 4 is 11.5 Å². The molecule has 2 fully saturated rings. The predicted molar refractivity (Wildman–Crippen MR) is 80.6 cm³/mol. The van der Waals surface area contributed by atoms with E-state index in [1.807, 2.05) is 24.3 Å². The van der Waals surface area contributed by atoms with E-state index in [4.69, 9.17) is 21.2 Å². The number of hydrazine groups is 1. The summed E-state index contributed by atoms with van der Waals surface area (Å²) in [6, 6.07) is 8.00. The number of ether oxygens (including phenoxy) is 2. The molecule has 0 bridgehead atoms. The zero-order chi connectivity index (χ0) is 14.7. The van der Waals surface area contributed by atoms with Crippen molar-refractivity contribution in [3.8, 4) is 0 Å². The number of nitrogens with two attached hydrogens (primary N) is 2. The first-order valence-electron chi connectivity index (χ1n) is 7.14. The first-order valence-corrected chi connectivity index (χ1v) is 7.14. The first kappa shape index (κ1) is 14.1. The molecule has 5 N–H and O–H groups in total. The average Bonchev–Trinajstić information content (AvgIpc) is 2.98. The summed E-state index contributed by atoms with van der Waals surface area (Å²) in [5.41, 5.74) is 4.51. The lowest BCUT2D eigenvalue weighted by atomic mass is 10.0. The maximum Gasteiger partial charge on any atom is 0.171 e. The molecule has 2 aliphatic rings. The zero-order valence-electron chi connectivity index (χ0n) is 11.9. The van der Waals surface area contributed by atoms with Gasteiger partial charge in [0.05, 0.1) is 13.2 Å². The van der Waals surface area contributed by atoms with Crippen LogP contribution in [0.2, 0.25) is 0 Å². The van der Waals surface area contributed by atoms with Crippen LogP contribution in [0.25, 0.3) is 0 Å². The topological polar surface area (TPSA) is 98.1 Å². The number of hydrogen-bond donors (Lipinski definition) is 3. The second-order valence-electron chi connectivity index (χ2n) is 5.26. The van der Waals surface area contributed by atoms with Gasteiger partial charge in [-0.15, -0.1) is 0 Å². The molecule has 2 heterocycles. The SMILES string of the molecule is N/N=C(/NN)c1ccc(N2CCC3(CC2)OCCO3)cc1. The molecule has 3 rings (SSSR count). The Hall–Kier alpha value is -1.83. The Morgan fingerprint density at radius 1 is 1.14 bits per heavy atom. The van der Waals surface area contributed by atoms with E-state index in [1.54, 1.807) is 0 Å². The van der Waals surface area contributed by atoms with Gasteiger partial charge in [-0.2, -0.15) is 5.10 Å². The quantitative estimate of drug-likeness (QED) is 0.310. The first-order chi connectivity index (χ1) is 10.3. The number of nitrogens with zero attached hydrogens (tertiary/aromatic N) is 2. The van der Waals surface area contributed by atoms with Gasteiger partial charge in [-0.1, -0.05) is 0 Å². The van der Waals surface area contributed by atoms with Gasteiger partial charge in [-0.25, -0.2) is 5.84 Å². The Morgan fingerprint density at radius 3 is 2.29 bits per heavy atom. The van der Waals surface area contributed by atoms with Gasteiger partial charge in [-0.3, -0.25) is 0 Å². The number of anilines is 1. The summed E-state index contributed by atoms with van der Waals surface area (Å²) in [4.78, 5) is 2.33. The number of hydrogen-bond acceptors (Lipinski definition) is 6. The third-order valence-corrected chi connectivity index (χ3v) is 4.11. The fraction of sp³-hybridized carbons (Fsp3) is 0.500. The smallest absolute Gasteiger partial charge is 0.171 e. The second kappa shape index (κ2) is 5.88. The highest BCUT2D eigenvalue weighted by molar-refractivity contribution is 5.98. The summed E-state index contributed by atoms with van der Waals surface area (Å²) >= 11 is 0. The highest BCUT2D eigenvalue weighted by Gasteiger charge is 2.39. The Balaban J connectivity index is 1.65. The van der Waals surface area contributed by atoms with Crippen LogP contribution in [0, 0.1) is 0 Å². The molecule has 1 aromatic rings. The molecular formula is C14H21N5O2. The van der Waals surface area contributed by atoms with Gasteiger partial charge < -0.3 is 25.6 Å². The highest BCUT2D eigenvalue weighted by Crippen LogP contribution is 2.33. The standard InChI is InChI=1S/C14H21N5O2/c15-17-13(18-16)11-1-3-12(4-2-11)19-7-5-14(6-8-19)20-9-10-21-14/h1-4H,5-10,15-16H2,(H,17,18). The van der Waals surface area contributed by atoms with Crippen LogP contribution in [-0.4, -0.2) is 37.9 Å². The van der Waals surface area contributed by atoms with Crippen molar-refractivity contribution in [1.82, 2.24) is 5.43 Å². The minimum atomic E-state index is -0.334. The largest absolute Gasteiger partial charge is 0.371 e. The van der Waals surface area contributed by atoms with Crippen molar-refractivity contribution < 1.29 is 9.47 Å².